The fourth-order valence-corrected chi connectivity index (χ4v) is 2.18. The average Bonchev–Trinajstić information content (AvgIpc) is 2.82. The maximum Gasteiger partial charge on any atom is 0.275 e. The number of fused-ring (bicyclic) bond motifs is 1. The number of carbonyl (C=O) groups is 1. The van der Waals surface area contributed by atoms with Crippen molar-refractivity contribution in [3.8, 4) is 5.88 Å². The highest BCUT2D eigenvalue weighted by Crippen LogP contribution is 2.21. The lowest BCUT2D eigenvalue weighted by Gasteiger charge is -2.09. The van der Waals surface area contributed by atoms with Crippen LogP contribution in [-0.4, -0.2) is 38.8 Å². The molecule has 0 radical (unpaired) electrons. The molecule has 0 aliphatic carbocycles. The van der Waals surface area contributed by atoms with Gasteiger partial charge in [-0.2, -0.15) is 10.1 Å². The third-order valence-corrected chi connectivity index (χ3v) is 3.31. The Bertz CT molecular complexity index is 665. The van der Waals surface area contributed by atoms with E-state index in [-0.39, 0.29) is 17.5 Å². The number of hydrogen-bond donors (Lipinski definition) is 1. The van der Waals surface area contributed by atoms with Gasteiger partial charge in [-0.05, 0) is 27.2 Å². The first-order chi connectivity index (χ1) is 10.6. The van der Waals surface area contributed by atoms with Crippen molar-refractivity contribution in [2.75, 3.05) is 13.2 Å². The predicted octanol–water partition coefficient (Wildman–Crippen LogP) is 2.08. The Morgan fingerprint density at radius 2 is 2.05 bits per heavy atom. The Morgan fingerprint density at radius 1 is 1.27 bits per heavy atom. The Kier molecular flexibility index (Phi) is 5.30. The quantitative estimate of drug-likeness (QED) is 0.792. The lowest BCUT2D eigenvalue weighted by Crippen LogP contribution is -2.26. The minimum Gasteiger partial charge on any atom is -0.476 e. The Balaban J connectivity index is 2.44. The molecule has 0 atom stereocenters. The van der Waals surface area contributed by atoms with E-state index in [0.29, 0.717) is 30.9 Å². The first-order valence-electron chi connectivity index (χ1n) is 7.78. The highest BCUT2D eigenvalue weighted by Gasteiger charge is 2.20. The number of unbranched alkanes of at least 4 members (excludes halogenated alkanes) is 1. The van der Waals surface area contributed by atoms with E-state index < -0.39 is 0 Å². The molecule has 0 bridgehead atoms. The lowest BCUT2D eigenvalue weighted by molar-refractivity contribution is 0.0943. The molecule has 7 nitrogen and oxygen atoms in total. The number of rotatable bonds is 7. The van der Waals surface area contributed by atoms with Crippen LogP contribution in [0, 0.1) is 6.92 Å². The van der Waals surface area contributed by atoms with Gasteiger partial charge in [0.25, 0.3) is 5.91 Å². The molecule has 0 saturated carbocycles. The van der Waals surface area contributed by atoms with E-state index in [1.807, 2.05) is 20.8 Å². The first kappa shape index (κ1) is 16.2. The van der Waals surface area contributed by atoms with Crippen molar-refractivity contribution in [1.29, 1.82) is 0 Å². The van der Waals surface area contributed by atoms with Gasteiger partial charge in [0.15, 0.2) is 11.3 Å². The third-order valence-electron chi connectivity index (χ3n) is 3.31. The minimum atomic E-state index is -0.255. The molecule has 22 heavy (non-hydrogen) atoms. The van der Waals surface area contributed by atoms with Crippen molar-refractivity contribution in [3.63, 3.8) is 0 Å². The molecule has 0 unspecified atom stereocenters. The number of nitrogens with zero attached hydrogens (tertiary/aromatic N) is 4. The van der Waals surface area contributed by atoms with Crippen LogP contribution in [0.5, 0.6) is 5.88 Å². The van der Waals surface area contributed by atoms with Crippen LogP contribution >= 0.6 is 0 Å². The SMILES string of the molecule is CCCCNC(=O)c1nc2c(C)nn(CC)c2nc1OCC. The molecular formula is C15H23N5O2. The molecule has 1 amide bonds. The van der Waals surface area contributed by atoms with Gasteiger partial charge >= 0.3 is 0 Å². The Hall–Kier alpha value is -2.18. The van der Waals surface area contributed by atoms with E-state index in [4.69, 9.17) is 4.74 Å². The third kappa shape index (κ3) is 3.18. The molecule has 2 aromatic rings. The summed E-state index contributed by atoms with van der Waals surface area (Å²) < 4.78 is 7.27. The smallest absolute Gasteiger partial charge is 0.275 e. The highest BCUT2D eigenvalue weighted by atomic mass is 16.5. The molecule has 0 aromatic carbocycles. The number of aromatic nitrogens is 4. The van der Waals surface area contributed by atoms with Crippen molar-refractivity contribution < 1.29 is 9.53 Å². The molecule has 2 rings (SSSR count). The summed E-state index contributed by atoms with van der Waals surface area (Å²) in [5, 5.41) is 7.24. The fraction of sp³-hybridized carbons (Fsp3) is 0.600. The van der Waals surface area contributed by atoms with E-state index in [9.17, 15) is 4.79 Å². The van der Waals surface area contributed by atoms with E-state index in [1.165, 1.54) is 0 Å². The van der Waals surface area contributed by atoms with Crippen LogP contribution < -0.4 is 10.1 Å². The summed E-state index contributed by atoms with van der Waals surface area (Å²) in [4.78, 5) is 21.2. The van der Waals surface area contributed by atoms with Gasteiger partial charge in [-0.25, -0.2) is 9.67 Å². The van der Waals surface area contributed by atoms with Crippen molar-refractivity contribution in [3.05, 3.63) is 11.4 Å². The number of nitrogens with one attached hydrogen (secondary N) is 1. The monoisotopic (exact) mass is 305 g/mol. The second-order valence-corrected chi connectivity index (χ2v) is 4.99. The Labute approximate surface area is 130 Å². The first-order valence-corrected chi connectivity index (χ1v) is 7.78. The van der Waals surface area contributed by atoms with E-state index in [1.54, 1.807) is 4.68 Å². The molecule has 120 valence electrons. The molecule has 2 aromatic heterocycles. The summed E-state index contributed by atoms with van der Waals surface area (Å²) in [6.07, 6.45) is 1.95. The van der Waals surface area contributed by atoms with Crippen LogP contribution in [0.1, 0.15) is 49.8 Å². The van der Waals surface area contributed by atoms with Crippen molar-refractivity contribution >= 4 is 17.1 Å². The average molecular weight is 305 g/mol. The molecule has 0 aliphatic heterocycles. The number of ether oxygens (including phenoxy) is 1. The number of aryl methyl sites for hydroxylation is 2. The zero-order chi connectivity index (χ0) is 16.1. The highest BCUT2D eigenvalue weighted by molar-refractivity contribution is 5.96. The molecule has 7 heteroatoms. The van der Waals surface area contributed by atoms with Crippen molar-refractivity contribution in [1.82, 2.24) is 25.1 Å². The summed E-state index contributed by atoms with van der Waals surface area (Å²) in [6, 6.07) is 0. The number of amides is 1. The summed E-state index contributed by atoms with van der Waals surface area (Å²) in [5.41, 5.74) is 2.28. The van der Waals surface area contributed by atoms with Crippen LogP contribution in [0.4, 0.5) is 0 Å². The normalized spacial score (nSPS) is 10.9. The van der Waals surface area contributed by atoms with Gasteiger partial charge in [-0.15, -0.1) is 0 Å². The molecule has 0 spiro atoms. The van der Waals surface area contributed by atoms with Crippen LogP contribution in [0.3, 0.4) is 0 Å². The second-order valence-electron chi connectivity index (χ2n) is 4.99. The van der Waals surface area contributed by atoms with Crippen LogP contribution in [0.2, 0.25) is 0 Å². The van der Waals surface area contributed by atoms with Gasteiger partial charge in [-0.1, -0.05) is 13.3 Å². The number of hydrogen-bond acceptors (Lipinski definition) is 5. The molecule has 0 fully saturated rings. The van der Waals surface area contributed by atoms with Gasteiger partial charge in [0.2, 0.25) is 5.88 Å². The van der Waals surface area contributed by atoms with E-state index >= 15 is 0 Å². The number of carbonyl (C=O) groups excluding carboxylic acids is 1. The van der Waals surface area contributed by atoms with Gasteiger partial charge in [0.05, 0.1) is 12.3 Å². The largest absolute Gasteiger partial charge is 0.476 e. The van der Waals surface area contributed by atoms with Crippen LogP contribution in [-0.2, 0) is 6.54 Å². The summed E-state index contributed by atoms with van der Waals surface area (Å²) in [6.45, 7) is 9.51. The van der Waals surface area contributed by atoms with Gasteiger partial charge in [0, 0.05) is 13.1 Å². The van der Waals surface area contributed by atoms with Crippen LogP contribution in [0.15, 0.2) is 0 Å². The minimum absolute atomic E-state index is 0.226. The van der Waals surface area contributed by atoms with Crippen molar-refractivity contribution in [2.24, 2.45) is 0 Å². The van der Waals surface area contributed by atoms with E-state index in [2.05, 4.69) is 27.3 Å². The summed E-state index contributed by atoms with van der Waals surface area (Å²) in [5.74, 6) is 0.00791. The molecule has 1 N–H and O–H groups in total. The predicted molar refractivity (Wildman–Crippen MR) is 84.1 cm³/mol. The van der Waals surface area contributed by atoms with Crippen molar-refractivity contribution in [2.45, 2.75) is 47.1 Å². The van der Waals surface area contributed by atoms with E-state index in [0.717, 1.165) is 18.5 Å². The van der Waals surface area contributed by atoms with Gasteiger partial charge in [-0.3, -0.25) is 4.79 Å². The molecule has 2 heterocycles. The van der Waals surface area contributed by atoms with Gasteiger partial charge < -0.3 is 10.1 Å². The zero-order valence-electron chi connectivity index (χ0n) is 13.6. The maximum atomic E-state index is 12.3. The fourth-order valence-electron chi connectivity index (χ4n) is 2.18. The molecular weight excluding hydrogens is 282 g/mol. The standard InChI is InChI=1S/C15H23N5O2/c1-5-8-9-16-14(21)12-15(22-7-3)18-13-11(17-12)10(4)19-20(13)6-2/h5-9H2,1-4H3,(H,16,21). The molecule has 0 saturated heterocycles. The lowest BCUT2D eigenvalue weighted by atomic mass is 10.3. The zero-order valence-corrected chi connectivity index (χ0v) is 13.6. The maximum absolute atomic E-state index is 12.3. The second kappa shape index (κ2) is 7.20. The van der Waals surface area contributed by atoms with Gasteiger partial charge in [0.1, 0.15) is 5.52 Å². The summed E-state index contributed by atoms with van der Waals surface area (Å²) >= 11 is 0. The molecule has 0 aliphatic rings. The topological polar surface area (TPSA) is 81.9 Å². The Morgan fingerprint density at radius 3 is 2.68 bits per heavy atom. The van der Waals surface area contributed by atoms with Crippen LogP contribution in [0.25, 0.3) is 11.2 Å². The summed E-state index contributed by atoms with van der Waals surface area (Å²) in [7, 11) is 0.